The zero-order valence-electron chi connectivity index (χ0n) is 9.44. The fraction of sp³-hybridized carbons (Fsp3) is 0.167. The minimum absolute atomic E-state index is 0.108. The molecule has 0 aliphatic rings. The van der Waals surface area contributed by atoms with E-state index in [2.05, 4.69) is 5.32 Å². The summed E-state index contributed by atoms with van der Waals surface area (Å²) in [7, 11) is 0. The highest BCUT2D eigenvalue weighted by atomic mass is 16.1. The van der Waals surface area contributed by atoms with E-state index in [0.29, 0.717) is 24.4 Å². The van der Waals surface area contributed by atoms with Crippen LogP contribution in [0.15, 0.2) is 30.3 Å². The number of allylic oxidation sites excluding steroid dienone is 1. The Morgan fingerprint density at radius 1 is 1.35 bits per heavy atom. The van der Waals surface area contributed by atoms with Gasteiger partial charge in [-0.2, -0.15) is 0 Å². The largest absolute Gasteiger partial charge is 0.398 e. The van der Waals surface area contributed by atoms with Crippen LogP contribution >= 0.6 is 0 Å². The van der Waals surface area contributed by atoms with Gasteiger partial charge in [0.15, 0.2) is 0 Å². The molecule has 1 aromatic carbocycles. The van der Waals surface area contributed by atoms with Crippen molar-refractivity contribution in [1.29, 1.82) is 5.41 Å². The summed E-state index contributed by atoms with van der Waals surface area (Å²) < 4.78 is 0. The van der Waals surface area contributed by atoms with Crippen LogP contribution in [-0.2, 0) is 4.79 Å². The molecule has 0 unspecified atom stereocenters. The molecule has 0 fully saturated rings. The monoisotopic (exact) mass is 232 g/mol. The average Bonchev–Trinajstić information content (AvgIpc) is 2.30. The molecule has 17 heavy (non-hydrogen) atoms. The van der Waals surface area contributed by atoms with E-state index < -0.39 is 0 Å². The molecule has 0 saturated carbocycles. The third kappa shape index (κ3) is 4.08. The van der Waals surface area contributed by atoms with Crippen LogP contribution in [0.3, 0.4) is 0 Å². The summed E-state index contributed by atoms with van der Waals surface area (Å²) in [6.07, 6.45) is 2.94. The molecular formula is C12H16N4O. The Morgan fingerprint density at radius 2 is 2.00 bits per heavy atom. The minimum atomic E-state index is -0.108. The van der Waals surface area contributed by atoms with Crippen molar-refractivity contribution in [1.82, 2.24) is 0 Å². The highest BCUT2D eigenvalue weighted by Crippen LogP contribution is 2.13. The number of benzene rings is 1. The molecule has 0 spiro atoms. The Labute approximate surface area is 100 Å². The number of hydrogen-bond acceptors (Lipinski definition) is 4. The maximum Gasteiger partial charge on any atom is 0.225 e. The normalized spacial score (nSPS) is 11.0. The van der Waals surface area contributed by atoms with E-state index in [-0.39, 0.29) is 5.91 Å². The fourth-order valence-electron chi connectivity index (χ4n) is 1.29. The number of anilines is 1. The molecule has 0 saturated heterocycles. The second-order valence-corrected chi connectivity index (χ2v) is 3.45. The van der Waals surface area contributed by atoms with Gasteiger partial charge in [0.25, 0.3) is 0 Å². The van der Waals surface area contributed by atoms with Gasteiger partial charge in [-0.1, -0.05) is 12.1 Å². The van der Waals surface area contributed by atoms with Gasteiger partial charge in [-0.05, 0) is 23.8 Å². The summed E-state index contributed by atoms with van der Waals surface area (Å²) in [4.78, 5) is 11.3. The van der Waals surface area contributed by atoms with E-state index in [1.54, 1.807) is 24.3 Å². The maximum atomic E-state index is 11.3. The lowest BCUT2D eigenvalue weighted by Gasteiger charge is -2.06. The molecule has 6 N–H and O–H groups in total. The molecule has 1 amide bonds. The standard InChI is InChI=1S/C12H16N4O/c13-7-5-11(15)9-1-3-10(4-2-9)16-12(17)6-8-14/h1-5,7,13H,6,8,14-15H2,(H,16,17)/b11-5-,13-7?. The second-order valence-electron chi connectivity index (χ2n) is 3.45. The van der Waals surface area contributed by atoms with Gasteiger partial charge < -0.3 is 22.2 Å². The lowest BCUT2D eigenvalue weighted by Crippen LogP contribution is -2.16. The number of rotatable bonds is 5. The van der Waals surface area contributed by atoms with Crippen LogP contribution in [0.1, 0.15) is 12.0 Å². The number of nitrogens with one attached hydrogen (secondary N) is 2. The highest BCUT2D eigenvalue weighted by molar-refractivity contribution is 5.91. The fourth-order valence-corrected chi connectivity index (χ4v) is 1.29. The van der Waals surface area contributed by atoms with E-state index in [9.17, 15) is 4.79 Å². The molecule has 90 valence electrons. The first-order valence-electron chi connectivity index (χ1n) is 5.24. The van der Waals surface area contributed by atoms with Crippen molar-refractivity contribution in [2.75, 3.05) is 11.9 Å². The van der Waals surface area contributed by atoms with Gasteiger partial charge in [0.1, 0.15) is 0 Å². The maximum absolute atomic E-state index is 11.3. The first-order chi connectivity index (χ1) is 8.17. The van der Waals surface area contributed by atoms with Gasteiger partial charge in [-0.25, -0.2) is 0 Å². The molecule has 0 aliphatic heterocycles. The first kappa shape index (κ1) is 12.9. The van der Waals surface area contributed by atoms with E-state index in [4.69, 9.17) is 16.9 Å². The molecule has 1 aromatic rings. The SMILES string of the molecule is N=C/C=C(\N)c1ccc(NC(=O)CCN)cc1. The molecule has 5 nitrogen and oxygen atoms in total. The molecule has 0 heterocycles. The molecule has 0 aromatic heterocycles. The van der Waals surface area contributed by atoms with Crippen molar-refractivity contribution in [2.24, 2.45) is 11.5 Å². The molecule has 0 aliphatic carbocycles. The van der Waals surface area contributed by atoms with E-state index in [0.717, 1.165) is 11.8 Å². The summed E-state index contributed by atoms with van der Waals surface area (Å²) in [6.45, 7) is 0.332. The molecule has 5 heteroatoms. The summed E-state index contributed by atoms with van der Waals surface area (Å²) in [5, 5.41) is 9.63. The molecule has 0 bridgehead atoms. The summed E-state index contributed by atoms with van der Waals surface area (Å²) in [5.74, 6) is -0.108. The van der Waals surface area contributed by atoms with Crippen LogP contribution in [0.4, 0.5) is 5.69 Å². The van der Waals surface area contributed by atoms with Crippen molar-refractivity contribution in [3.63, 3.8) is 0 Å². The van der Waals surface area contributed by atoms with Crippen LogP contribution in [0.25, 0.3) is 5.70 Å². The third-order valence-corrected chi connectivity index (χ3v) is 2.14. The van der Waals surface area contributed by atoms with Gasteiger partial charge >= 0.3 is 0 Å². The van der Waals surface area contributed by atoms with Gasteiger partial charge in [-0.3, -0.25) is 4.79 Å². The smallest absolute Gasteiger partial charge is 0.225 e. The molecular weight excluding hydrogens is 216 g/mol. The summed E-state index contributed by atoms with van der Waals surface area (Å²) in [5.41, 5.74) is 13.0. The summed E-state index contributed by atoms with van der Waals surface area (Å²) >= 11 is 0. The Kier molecular flexibility index (Phi) is 4.90. The van der Waals surface area contributed by atoms with Crippen LogP contribution in [0.2, 0.25) is 0 Å². The van der Waals surface area contributed by atoms with Crippen molar-refractivity contribution in [3.05, 3.63) is 35.9 Å². The number of carbonyl (C=O) groups excluding carboxylic acids is 1. The first-order valence-corrected chi connectivity index (χ1v) is 5.24. The van der Waals surface area contributed by atoms with Gasteiger partial charge in [0.2, 0.25) is 5.91 Å². The Balaban J connectivity index is 2.71. The number of nitrogens with two attached hydrogens (primary N) is 2. The summed E-state index contributed by atoms with van der Waals surface area (Å²) in [6, 6.07) is 7.09. The lowest BCUT2D eigenvalue weighted by molar-refractivity contribution is -0.116. The molecule has 0 radical (unpaired) electrons. The van der Waals surface area contributed by atoms with Gasteiger partial charge in [0, 0.05) is 30.6 Å². The Hall–Kier alpha value is -2.14. The van der Waals surface area contributed by atoms with E-state index in [1.165, 1.54) is 6.08 Å². The van der Waals surface area contributed by atoms with Crippen molar-refractivity contribution < 1.29 is 4.79 Å². The van der Waals surface area contributed by atoms with Gasteiger partial charge in [0.05, 0.1) is 0 Å². The van der Waals surface area contributed by atoms with Crippen molar-refractivity contribution in [3.8, 4) is 0 Å². The minimum Gasteiger partial charge on any atom is -0.398 e. The molecule has 1 rings (SSSR count). The highest BCUT2D eigenvalue weighted by Gasteiger charge is 2.01. The van der Waals surface area contributed by atoms with Crippen LogP contribution < -0.4 is 16.8 Å². The number of carbonyl (C=O) groups is 1. The van der Waals surface area contributed by atoms with Gasteiger partial charge in [-0.15, -0.1) is 0 Å². The van der Waals surface area contributed by atoms with Crippen molar-refractivity contribution >= 4 is 23.5 Å². The lowest BCUT2D eigenvalue weighted by atomic mass is 10.1. The average molecular weight is 232 g/mol. The number of amides is 1. The molecule has 0 atom stereocenters. The van der Waals surface area contributed by atoms with Crippen LogP contribution in [0.5, 0.6) is 0 Å². The Morgan fingerprint density at radius 3 is 2.53 bits per heavy atom. The topological polar surface area (TPSA) is 105 Å². The van der Waals surface area contributed by atoms with Crippen molar-refractivity contribution in [2.45, 2.75) is 6.42 Å². The zero-order chi connectivity index (χ0) is 12.7. The third-order valence-electron chi connectivity index (χ3n) is 2.14. The van der Waals surface area contributed by atoms with Crippen LogP contribution in [-0.4, -0.2) is 18.7 Å². The zero-order valence-corrected chi connectivity index (χ0v) is 9.44. The van der Waals surface area contributed by atoms with E-state index in [1.807, 2.05) is 0 Å². The Bertz CT molecular complexity index is 423. The quantitative estimate of drug-likeness (QED) is 0.567. The predicted octanol–water partition coefficient (Wildman–Crippen LogP) is 0.923. The second kappa shape index (κ2) is 6.44. The van der Waals surface area contributed by atoms with Crippen LogP contribution in [0, 0.1) is 5.41 Å². The number of hydrogen-bond donors (Lipinski definition) is 4. The van der Waals surface area contributed by atoms with E-state index >= 15 is 0 Å². The predicted molar refractivity (Wildman–Crippen MR) is 69.7 cm³/mol.